The molecule has 1 aromatic heterocycles. The van der Waals surface area contributed by atoms with Gasteiger partial charge < -0.3 is 14.6 Å². The third-order valence-corrected chi connectivity index (χ3v) is 5.90. The zero-order valence-corrected chi connectivity index (χ0v) is 18.3. The molecule has 0 atom stereocenters. The van der Waals surface area contributed by atoms with Gasteiger partial charge in [0.25, 0.3) is 0 Å². The molecule has 0 spiro atoms. The normalized spacial score (nSPS) is 10.8. The lowest BCUT2D eigenvalue weighted by atomic mass is 10.2. The molecule has 0 saturated carbocycles. The molecule has 0 aliphatic rings. The number of amides is 1. The molecule has 0 radical (unpaired) electrons. The number of halogens is 2. The fourth-order valence-electron chi connectivity index (χ4n) is 2.63. The number of rotatable bonds is 8. The summed E-state index contributed by atoms with van der Waals surface area (Å²) >= 11 is 13.4. The first-order valence-electron chi connectivity index (χ1n) is 8.96. The van der Waals surface area contributed by atoms with Crippen LogP contribution < -0.4 is 10.1 Å². The topological polar surface area (TPSA) is 69.0 Å². The summed E-state index contributed by atoms with van der Waals surface area (Å²) in [7, 11) is 0. The maximum Gasteiger partial charge on any atom is 0.234 e. The average Bonchev–Trinajstić information content (AvgIpc) is 3.11. The van der Waals surface area contributed by atoms with E-state index in [0.717, 1.165) is 11.3 Å². The van der Waals surface area contributed by atoms with Crippen molar-refractivity contribution in [1.29, 1.82) is 0 Å². The standard InChI is InChI=1S/C20H20Cl2N4O2S/c1-3-26-17(11-28-16-10-5-4-7-13(16)2)24-25-20(26)29-12-18(27)23-15-9-6-8-14(21)19(15)22/h4-10H,3,11-12H2,1-2H3,(H,23,27). The van der Waals surface area contributed by atoms with Crippen LogP contribution in [-0.2, 0) is 17.9 Å². The average molecular weight is 451 g/mol. The summed E-state index contributed by atoms with van der Waals surface area (Å²) in [6.45, 7) is 4.96. The Morgan fingerprint density at radius 3 is 2.72 bits per heavy atom. The highest BCUT2D eigenvalue weighted by molar-refractivity contribution is 7.99. The van der Waals surface area contributed by atoms with E-state index < -0.39 is 0 Å². The maximum absolute atomic E-state index is 12.3. The second-order valence-electron chi connectivity index (χ2n) is 6.14. The molecule has 1 heterocycles. The Bertz CT molecular complexity index is 1010. The van der Waals surface area contributed by atoms with Crippen molar-refractivity contribution < 1.29 is 9.53 Å². The summed E-state index contributed by atoms with van der Waals surface area (Å²) in [5.41, 5.74) is 1.54. The van der Waals surface area contributed by atoms with Crippen molar-refractivity contribution in [3.8, 4) is 5.75 Å². The first-order valence-corrected chi connectivity index (χ1v) is 10.7. The van der Waals surface area contributed by atoms with Gasteiger partial charge in [-0.25, -0.2) is 0 Å². The first-order chi connectivity index (χ1) is 14.0. The van der Waals surface area contributed by atoms with Gasteiger partial charge in [-0.2, -0.15) is 0 Å². The maximum atomic E-state index is 12.3. The number of ether oxygens (including phenoxy) is 1. The molecule has 1 N–H and O–H groups in total. The van der Waals surface area contributed by atoms with Crippen LogP contribution >= 0.6 is 35.0 Å². The molecule has 0 fully saturated rings. The summed E-state index contributed by atoms with van der Waals surface area (Å²) in [4.78, 5) is 12.3. The number of thioether (sulfide) groups is 1. The monoisotopic (exact) mass is 450 g/mol. The molecule has 3 aromatic rings. The number of hydrogen-bond acceptors (Lipinski definition) is 5. The fraction of sp³-hybridized carbons (Fsp3) is 0.250. The number of anilines is 1. The fourth-order valence-corrected chi connectivity index (χ4v) is 3.80. The largest absolute Gasteiger partial charge is 0.485 e. The Labute approximate surface area is 183 Å². The predicted molar refractivity (Wildman–Crippen MR) is 117 cm³/mol. The number of para-hydroxylation sites is 1. The van der Waals surface area contributed by atoms with Crippen LogP contribution in [-0.4, -0.2) is 26.4 Å². The summed E-state index contributed by atoms with van der Waals surface area (Å²) < 4.78 is 7.80. The van der Waals surface area contributed by atoms with E-state index >= 15 is 0 Å². The summed E-state index contributed by atoms with van der Waals surface area (Å²) in [6, 6.07) is 12.9. The molecule has 0 aliphatic heterocycles. The van der Waals surface area contributed by atoms with Crippen molar-refractivity contribution in [3.05, 3.63) is 63.9 Å². The minimum absolute atomic E-state index is 0.166. The molecule has 0 bridgehead atoms. The highest BCUT2D eigenvalue weighted by Crippen LogP contribution is 2.29. The number of nitrogens with zero attached hydrogens (tertiary/aromatic N) is 3. The lowest BCUT2D eigenvalue weighted by Gasteiger charge is -2.10. The van der Waals surface area contributed by atoms with E-state index in [9.17, 15) is 4.79 Å². The molecule has 152 valence electrons. The van der Waals surface area contributed by atoms with E-state index in [2.05, 4.69) is 15.5 Å². The van der Waals surface area contributed by atoms with E-state index in [4.69, 9.17) is 27.9 Å². The second-order valence-corrected chi connectivity index (χ2v) is 7.86. The van der Waals surface area contributed by atoms with Crippen LogP contribution in [0.5, 0.6) is 5.75 Å². The number of aromatic nitrogens is 3. The lowest BCUT2D eigenvalue weighted by Crippen LogP contribution is -2.15. The number of benzene rings is 2. The van der Waals surface area contributed by atoms with Crippen molar-refractivity contribution in [2.24, 2.45) is 0 Å². The molecule has 0 unspecified atom stereocenters. The molecule has 29 heavy (non-hydrogen) atoms. The molecule has 9 heteroatoms. The zero-order chi connectivity index (χ0) is 20.8. The summed E-state index contributed by atoms with van der Waals surface area (Å²) in [6.07, 6.45) is 0. The molecule has 0 aliphatic carbocycles. The zero-order valence-electron chi connectivity index (χ0n) is 16.0. The summed E-state index contributed by atoms with van der Waals surface area (Å²) in [5, 5.41) is 12.5. The SMILES string of the molecule is CCn1c(COc2ccccc2C)nnc1SCC(=O)Nc1cccc(Cl)c1Cl. The number of aryl methyl sites for hydroxylation is 1. The minimum Gasteiger partial charge on any atom is -0.485 e. The third-order valence-electron chi connectivity index (χ3n) is 4.12. The van der Waals surface area contributed by atoms with Crippen molar-refractivity contribution in [1.82, 2.24) is 14.8 Å². The minimum atomic E-state index is -0.206. The number of carbonyl (C=O) groups excluding carboxylic acids is 1. The van der Waals surface area contributed by atoms with Crippen molar-refractivity contribution in [2.45, 2.75) is 32.2 Å². The van der Waals surface area contributed by atoms with Crippen LogP contribution in [0.15, 0.2) is 47.6 Å². The van der Waals surface area contributed by atoms with Crippen molar-refractivity contribution in [3.63, 3.8) is 0 Å². The van der Waals surface area contributed by atoms with Crippen LogP contribution in [0.2, 0.25) is 10.0 Å². The third kappa shape index (κ3) is 5.44. The number of nitrogens with one attached hydrogen (secondary N) is 1. The Morgan fingerprint density at radius 2 is 1.97 bits per heavy atom. The molecule has 2 aromatic carbocycles. The van der Waals surface area contributed by atoms with Crippen molar-refractivity contribution in [2.75, 3.05) is 11.1 Å². The van der Waals surface area contributed by atoms with Gasteiger partial charge >= 0.3 is 0 Å². The molecular formula is C20H20Cl2N4O2S. The van der Waals surface area contributed by atoms with E-state index in [1.807, 2.05) is 42.7 Å². The van der Waals surface area contributed by atoms with E-state index in [1.54, 1.807) is 18.2 Å². The molecule has 0 saturated heterocycles. The summed E-state index contributed by atoms with van der Waals surface area (Å²) in [5.74, 6) is 1.48. The van der Waals surface area contributed by atoms with Gasteiger partial charge in [-0.15, -0.1) is 10.2 Å². The Kier molecular flexibility index (Phi) is 7.41. The van der Waals surface area contributed by atoms with Gasteiger partial charge in [0.2, 0.25) is 5.91 Å². The number of carbonyl (C=O) groups is 1. The highest BCUT2D eigenvalue weighted by atomic mass is 35.5. The Morgan fingerprint density at radius 1 is 1.17 bits per heavy atom. The lowest BCUT2D eigenvalue weighted by molar-refractivity contribution is -0.113. The molecule has 3 rings (SSSR count). The van der Waals surface area contributed by atoms with Gasteiger partial charge in [-0.1, -0.05) is 59.2 Å². The van der Waals surface area contributed by atoms with E-state index in [0.29, 0.717) is 39.9 Å². The predicted octanol–water partition coefficient (Wildman–Crippen LogP) is 5.22. The quantitative estimate of drug-likeness (QED) is 0.476. The molecule has 1 amide bonds. The van der Waals surface area contributed by atoms with Crippen LogP contribution in [0.3, 0.4) is 0 Å². The van der Waals surface area contributed by atoms with E-state index in [-0.39, 0.29) is 11.7 Å². The van der Waals surface area contributed by atoms with Crippen LogP contribution in [0, 0.1) is 6.92 Å². The van der Waals surface area contributed by atoms with Gasteiger partial charge in [0.1, 0.15) is 12.4 Å². The Hall–Kier alpha value is -2.22. The first kappa shape index (κ1) is 21.5. The van der Waals surface area contributed by atoms with Crippen molar-refractivity contribution >= 4 is 46.6 Å². The van der Waals surface area contributed by atoms with Crippen LogP contribution in [0.25, 0.3) is 0 Å². The van der Waals surface area contributed by atoms with Gasteiger partial charge in [0, 0.05) is 6.54 Å². The van der Waals surface area contributed by atoms with Gasteiger partial charge in [-0.05, 0) is 37.6 Å². The van der Waals surface area contributed by atoms with Crippen LogP contribution in [0.1, 0.15) is 18.3 Å². The smallest absolute Gasteiger partial charge is 0.234 e. The molecular weight excluding hydrogens is 431 g/mol. The highest BCUT2D eigenvalue weighted by Gasteiger charge is 2.15. The second kappa shape index (κ2) is 10.0. The Balaban J connectivity index is 1.60. The van der Waals surface area contributed by atoms with Crippen LogP contribution in [0.4, 0.5) is 5.69 Å². The number of hydrogen-bond donors (Lipinski definition) is 1. The van der Waals surface area contributed by atoms with Gasteiger partial charge in [0.05, 0.1) is 21.5 Å². The van der Waals surface area contributed by atoms with E-state index in [1.165, 1.54) is 11.8 Å². The van der Waals surface area contributed by atoms with Gasteiger partial charge in [0.15, 0.2) is 11.0 Å². The molecule has 6 nitrogen and oxygen atoms in total. The van der Waals surface area contributed by atoms with Gasteiger partial charge in [-0.3, -0.25) is 4.79 Å².